The van der Waals surface area contributed by atoms with Gasteiger partial charge >= 0.3 is 0 Å². The van der Waals surface area contributed by atoms with Crippen LogP contribution in [0.4, 0.5) is 0 Å². The molecule has 1 heterocycles. The van der Waals surface area contributed by atoms with Gasteiger partial charge in [0.15, 0.2) is 0 Å². The number of rotatable bonds is 2. The van der Waals surface area contributed by atoms with Crippen molar-refractivity contribution >= 4 is 10.8 Å². The van der Waals surface area contributed by atoms with Crippen molar-refractivity contribution in [3.05, 3.63) is 71.7 Å². The van der Waals surface area contributed by atoms with E-state index in [1.807, 2.05) is 19.1 Å². The minimum absolute atomic E-state index is 0.860. The third kappa shape index (κ3) is 2.09. The highest BCUT2D eigenvalue weighted by molar-refractivity contribution is 5.83. The molecule has 3 aromatic rings. The summed E-state index contributed by atoms with van der Waals surface area (Å²) in [5, 5.41) is 2.57. The predicted molar refractivity (Wildman–Crippen MR) is 70.2 cm³/mol. The molecule has 1 heteroatoms. The second-order valence-electron chi connectivity index (χ2n) is 4.37. The van der Waals surface area contributed by atoms with Crippen LogP contribution in [0.5, 0.6) is 0 Å². The molecule has 0 bridgehead atoms. The van der Waals surface area contributed by atoms with Crippen molar-refractivity contribution in [1.29, 1.82) is 0 Å². The molecule has 0 aliphatic rings. The summed E-state index contributed by atoms with van der Waals surface area (Å²) >= 11 is 0. The van der Waals surface area contributed by atoms with E-state index >= 15 is 0 Å². The van der Waals surface area contributed by atoms with Crippen molar-refractivity contribution in [2.75, 3.05) is 0 Å². The van der Waals surface area contributed by atoms with Gasteiger partial charge in [0.05, 0.1) is 0 Å². The molecule has 1 aromatic heterocycles. The highest BCUT2D eigenvalue weighted by atomic mass is 16.3. The van der Waals surface area contributed by atoms with Crippen LogP contribution in [0.25, 0.3) is 10.8 Å². The van der Waals surface area contributed by atoms with Crippen LogP contribution in [-0.4, -0.2) is 0 Å². The minimum Gasteiger partial charge on any atom is -0.466 e. The van der Waals surface area contributed by atoms with Crippen molar-refractivity contribution in [3.63, 3.8) is 0 Å². The van der Waals surface area contributed by atoms with Gasteiger partial charge in [-0.3, -0.25) is 0 Å². The SMILES string of the molecule is Cc1ccc(Cc2ccc3ccccc3c2)o1. The topological polar surface area (TPSA) is 13.1 Å². The summed E-state index contributed by atoms with van der Waals surface area (Å²) in [6, 6.07) is 19.0. The Morgan fingerprint density at radius 1 is 0.882 bits per heavy atom. The van der Waals surface area contributed by atoms with Crippen LogP contribution < -0.4 is 0 Å². The van der Waals surface area contributed by atoms with Crippen molar-refractivity contribution in [3.8, 4) is 0 Å². The molecule has 0 atom stereocenters. The molecule has 0 amide bonds. The zero-order chi connectivity index (χ0) is 11.7. The lowest BCUT2D eigenvalue weighted by Gasteiger charge is -2.02. The van der Waals surface area contributed by atoms with E-state index in [0.717, 1.165) is 17.9 Å². The lowest BCUT2D eigenvalue weighted by atomic mass is 10.0. The number of aryl methyl sites for hydroxylation is 1. The molecule has 2 aromatic carbocycles. The highest BCUT2D eigenvalue weighted by Crippen LogP contribution is 2.18. The fourth-order valence-electron chi connectivity index (χ4n) is 2.13. The maximum Gasteiger partial charge on any atom is 0.108 e. The largest absolute Gasteiger partial charge is 0.466 e. The lowest BCUT2D eigenvalue weighted by molar-refractivity contribution is 0.493. The molecular weight excluding hydrogens is 208 g/mol. The third-order valence-corrected chi connectivity index (χ3v) is 2.99. The van der Waals surface area contributed by atoms with Crippen LogP contribution in [-0.2, 0) is 6.42 Å². The summed E-state index contributed by atoms with van der Waals surface area (Å²) in [5.74, 6) is 2.00. The van der Waals surface area contributed by atoms with E-state index in [2.05, 4.69) is 42.5 Å². The molecule has 17 heavy (non-hydrogen) atoms. The zero-order valence-corrected chi connectivity index (χ0v) is 9.81. The van der Waals surface area contributed by atoms with E-state index in [0.29, 0.717) is 0 Å². The normalized spacial score (nSPS) is 10.9. The van der Waals surface area contributed by atoms with Gasteiger partial charge in [-0.1, -0.05) is 42.5 Å². The Morgan fingerprint density at radius 2 is 1.71 bits per heavy atom. The maximum atomic E-state index is 5.60. The van der Waals surface area contributed by atoms with Crippen molar-refractivity contribution < 1.29 is 4.42 Å². The predicted octanol–water partition coefficient (Wildman–Crippen LogP) is 4.33. The molecular formula is C16H14O. The molecule has 0 unspecified atom stereocenters. The zero-order valence-electron chi connectivity index (χ0n) is 9.81. The van der Waals surface area contributed by atoms with Gasteiger partial charge in [0.1, 0.15) is 11.5 Å². The summed E-state index contributed by atoms with van der Waals surface area (Å²) < 4.78 is 5.60. The fourth-order valence-corrected chi connectivity index (χ4v) is 2.13. The Bertz CT molecular complexity index is 649. The molecule has 0 fully saturated rings. The first-order chi connectivity index (χ1) is 8.31. The molecule has 0 saturated heterocycles. The first kappa shape index (κ1) is 10.2. The van der Waals surface area contributed by atoms with Gasteiger partial charge in [-0.05, 0) is 35.4 Å². The molecule has 1 nitrogen and oxygen atoms in total. The Morgan fingerprint density at radius 3 is 2.47 bits per heavy atom. The van der Waals surface area contributed by atoms with Crippen molar-refractivity contribution in [1.82, 2.24) is 0 Å². The molecule has 3 rings (SSSR count). The summed E-state index contributed by atoms with van der Waals surface area (Å²) in [6.45, 7) is 1.98. The molecule has 0 radical (unpaired) electrons. The van der Waals surface area contributed by atoms with E-state index < -0.39 is 0 Å². The minimum atomic E-state index is 0.860. The molecule has 0 aliphatic carbocycles. The van der Waals surface area contributed by atoms with Crippen LogP contribution in [0.1, 0.15) is 17.1 Å². The number of furan rings is 1. The third-order valence-electron chi connectivity index (χ3n) is 2.99. The Labute approximate surface area is 101 Å². The van der Waals surface area contributed by atoms with Crippen LogP contribution in [0.15, 0.2) is 59.0 Å². The van der Waals surface area contributed by atoms with E-state index in [4.69, 9.17) is 4.42 Å². The van der Waals surface area contributed by atoms with Crippen molar-refractivity contribution in [2.24, 2.45) is 0 Å². The van der Waals surface area contributed by atoms with Gasteiger partial charge in [-0.2, -0.15) is 0 Å². The number of benzene rings is 2. The average Bonchev–Trinajstić information content (AvgIpc) is 2.75. The highest BCUT2D eigenvalue weighted by Gasteiger charge is 2.01. The average molecular weight is 222 g/mol. The van der Waals surface area contributed by atoms with E-state index in [9.17, 15) is 0 Å². The Kier molecular flexibility index (Phi) is 2.45. The number of hydrogen-bond acceptors (Lipinski definition) is 1. The first-order valence-corrected chi connectivity index (χ1v) is 5.84. The fraction of sp³-hybridized carbons (Fsp3) is 0.125. The van der Waals surface area contributed by atoms with Gasteiger partial charge in [-0.15, -0.1) is 0 Å². The summed E-state index contributed by atoms with van der Waals surface area (Å²) in [6.07, 6.45) is 0.860. The number of hydrogen-bond donors (Lipinski definition) is 0. The quantitative estimate of drug-likeness (QED) is 0.629. The van der Waals surface area contributed by atoms with Crippen LogP contribution in [0, 0.1) is 6.92 Å². The number of fused-ring (bicyclic) bond motifs is 1. The van der Waals surface area contributed by atoms with Gasteiger partial charge in [0, 0.05) is 6.42 Å². The van der Waals surface area contributed by atoms with E-state index in [1.165, 1.54) is 16.3 Å². The van der Waals surface area contributed by atoms with Gasteiger partial charge in [0.25, 0.3) is 0 Å². The molecule has 0 aliphatic heterocycles. The van der Waals surface area contributed by atoms with Gasteiger partial charge < -0.3 is 4.42 Å². The van der Waals surface area contributed by atoms with E-state index in [1.54, 1.807) is 0 Å². The monoisotopic (exact) mass is 222 g/mol. The Balaban J connectivity index is 1.95. The smallest absolute Gasteiger partial charge is 0.108 e. The summed E-state index contributed by atoms with van der Waals surface area (Å²) in [4.78, 5) is 0. The summed E-state index contributed by atoms with van der Waals surface area (Å²) in [5.41, 5.74) is 1.29. The molecule has 84 valence electrons. The lowest BCUT2D eigenvalue weighted by Crippen LogP contribution is -1.85. The maximum absolute atomic E-state index is 5.60. The van der Waals surface area contributed by atoms with Gasteiger partial charge in [-0.25, -0.2) is 0 Å². The Hall–Kier alpha value is -2.02. The second-order valence-corrected chi connectivity index (χ2v) is 4.37. The standard InChI is InChI=1S/C16H14O/c1-12-6-9-16(17-12)11-13-7-8-14-4-2-3-5-15(14)10-13/h2-10H,11H2,1H3. The van der Waals surface area contributed by atoms with Crippen LogP contribution in [0.2, 0.25) is 0 Å². The first-order valence-electron chi connectivity index (χ1n) is 5.84. The van der Waals surface area contributed by atoms with Crippen molar-refractivity contribution in [2.45, 2.75) is 13.3 Å². The molecule has 0 saturated carbocycles. The molecule has 0 N–H and O–H groups in total. The van der Waals surface area contributed by atoms with E-state index in [-0.39, 0.29) is 0 Å². The van der Waals surface area contributed by atoms with Crippen LogP contribution >= 0.6 is 0 Å². The second kappa shape index (κ2) is 4.10. The summed E-state index contributed by atoms with van der Waals surface area (Å²) in [7, 11) is 0. The van der Waals surface area contributed by atoms with Crippen LogP contribution in [0.3, 0.4) is 0 Å². The van der Waals surface area contributed by atoms with Gasteiger partial charge in [0.2, 0.25) is 0 Å². The molecule has 0 spiro atoms.